The van der Waals surface area contributed by atoms with Gasteiger partial charge in [-0.2, -0.15) is 5.10 Å². The standard InChI is InChI=1S/C18H21N3O4/c1-12-3-5-13(6-4-12)14-9-15(20-19-14)16(22)21-8-7-18(10-21,11-25-2)17(23)24/h3-6,9H,7-8,10-11H2,1-2H3,(H,19,20)(H,23,24). The van der Waals surface area contributed by atoms with E-state index in [-0.39, 0.29) is 19.1 Å². The molecule has 0 radical (unpaired) electrons. The Bertz CT molecular complexity index is 784. The van der Waals surface area contributed by atoms with Gasteiger partial charge in [0.2, 0.25) is 0 Å². The van der Waals surface area contributed by atoms with Crippen LogP contribution in [-0.4, -0.2) is 58.9 Å². The maximum absolute atomic E-state index is 12.7. The number of carboxylic acids is 1. The van der Waals surface area contributed by atoms with Crippen molar-refractivity contribution in [1.29, 1.82) is 0 Å². The Labute approximate surface area is 145 Å². The lowest BCUT2D eigenvalue weighted by Gasteiger charge is -2.23. The topological polar surface area (TPSA) is 95.5 Å². The Morgan fingerprint density at radius 2 is 2.08 bits per heavy atom. The Morgan fingerprint density at radius 3 is 2.72 bits per heavy atom. The van der Waals surface area contributed by atoms with Gasteiger partial charge in [-0.15, -0.1) is 0 Å². The van der Waals surface area contributed by atoms with Crippen molar-refractivity contribution in [3.8, 4) is 11.3 Å². The number of hydrogen-bond acceptors (Lipinski definition) is 4. The number of methoxy groups -OCH3 is 1. The Hall–Kier alpha value is -2.67. The first kappa shape index (κ1) is 17.2. The van der Waals surface area contributed by atoms with Gasteiger partial charge in [0.25, 0.3) is 5.91 Å². The van der Waals surface area contributed by atoms with E-state index in [4.69, 9.17) is 4.74 Å². The zero-order valence-corrected chi connectivity index (χ0v) is 14.3. The van der Waals surface area contributed by atoms with Gasteiger partial charge >= 0.3 is 5.97 Å². The minimum absolute atomic E-state index is 0.0870. The molecule has 1 atom stereocenters. The van der Waals surface area contributed by atoms with Crippen LogP contribution in [0.1, 0.15) is 22.5 Å². The van der Waals surface area contributed by atoms with Gasteiger partial charge in [-0.25, -0.2) is 0 Å². The van der Waals surface area contributed by atoms with Gasteiger partial charge in [-0.3, -0.25) is 14.7 Å². The van der Waals surface area contributed by atoms with Crippen LogP contribution in [0.5, 0.6) is 0 Å². The third kappa shape index (κ3) is 3.28. The van der Waals surface area contributed by atoms with Gasteiger partial charge in [0.05, 0.1) is 12.3 Å². The van der Waals surface area contributed by atoms with Gasteiger partial charge in [0.1, 0.15) is 11.1 Å². The van der Waals surface area contributed by atoms with Crippen LogP contribution >= 0.6 is 0 Å². The molecular weight excluding hydrogens is 322 g/mol. The molecule has 1 amide bonds. The second-order valence-electron chi connectivity index (χ2n) is 6.53. The summed E-state index contributed by atoms with van der Waals surface area (Å²) < 4.78 is 5.06. The lowest BCUT2D eigenvalue weighted by molar-refractivity contribution is -0.151. The number of amides is 1. The summed E-state index contributed by atoms with van der Waals surface area (Å²) in [6.07, 6.45) is 0.376. The molecule has 7 nitrogen and oxygen atoms in total. The van der Waals surface area contributed by atoms with Gasteiger partial charge in [-0.05, 0) is 19.4 Å². The van der Waals surface area contributed by atoms with Crippen molar-refractivity contribution in [2.45, 2.75) is 13.3 Å². The van der Waals surface area contributed by atoms with Crippen molar-refractivity contribution in [1.82, 2.24) is 15.1 Å². The van der Waals surface area contributed by atoms with E-state index in [1.54, 1.807) is 11.0 Å². The largest absolute Gasteiger partial charge is 0.481 e. The molecule has 1 fully saturated rings. The molecule has 1 aliphatic heterocycles. The number of nitrogens with zero attached hydrogens (tertiary/aromatic N) is 2. The summed E-state index contributed by atoms with van der Waals surface area (Å²) in [7, 11) is 1.47. The molecule has 0 bridgehead atoms. The molecule has 1 aromatic heterocycles. The molecule has 0 saturated carbocycles. The molecule has 0 aliphatic carbocycles. The van der Waals surface area contributed by atoms with Crippen molar-refractivity contribution >= 4 is 11.9 Å². The van der Waals surface area contributed by atoms with E-state index in [1.807, 2.05) is 31.2 Å². The fourth-order valence-corrected chi connectivity index (χ4v) is 3.15. The maximum atomic E-state index is 12.7. The smallest absolute Gasteiger partial charge is 0.313 e. The first-order valence-corrected chi connectivity index (χ1v) is 8.09. The zero-order valence-electron chi connectivity index (χ0n) is 14.3. The summed E-state index contributed by atoms with van der Waals surface area (Å²) in [5.74, 6) is -1.18. The van der Waals surface area contributed by atoms with Crippen molar-refractivity contribution in [3.05, 3.63) is 41.6 Å². The molecule has 2 N–H and O–H groups in total. The molecular formula is C18H21N3O4. The maximum Gasteiger partial charge on any atom is 0.313 e. The highest BCUT2D eigenvalue weighted by Gasteiger charge is 2.46. The number of carboxylic acid groups (broad SMARTS) is 1. The van der Waals surface area contributed by atoms with E-state index in [0.717, 1.165) is 11.1 Å². The summed E-state index contributed by atoms with van der Waals surface area (Å²) in [6, 6.07) is 9.56. The minimum atomic E-state index is -1.04. The normalized spacial score (nSPS) is 20.0. The van der Waals surface area contributed by atoms with Crippen molar-refractivity contribution in [2.24, 2.45) is 5.41 Å². The lowest BCUT2D eigenvalue weighted by atomic mass is 9.88. The molecule has 132 valence electrons. The number of likely N-dealkylation sites (tertiary alicyclic amines) is 1. The monoisotopic (exact) mass is 343 g/mol. The van der Waals surface area contributed by atoms with Crippen LogP contribution in [0.3, 0.4) is 0 Å². The number of aryl methyl sites for hydroxylation is 1. The predicted octanol–water partition coefficient (Wildman–Crippen LogP) is 1.95. The van der Waals surface area contributed by atoms with Crippen LogP contribution in [0, 0.1) is 12.3 Å². The number of ether oxygens (including phenoxy) is 1. The van der Waals surface area contributed by atoms with E-state index in [1.165, 1.54) is 7.11 Å². The third-order valence-electron chi connectivity index (χ3n) is 4.67. The summed E-state index contributed by atoms with van der Waals surface area (Å²) in [5.41, 5.74) is 2.07. The molecule has 2 aromatic rings. The number of nitrogens with one attached hydrogen (secondary N) is 1. The van der Waals surface area contributed by atoms with Crippen LogP contribution in [0.4, 0.5) is 0 Å². The van der Waals surface area contributed by atoms with Crippen LogP contribution < -0.4 is 0 Å². The Balaban J connectivity index is 1.76. The summed E-state index contributed by atoms with van der Waals surface area (Å²) in [5, 5.41) is 16.5. The lowest BCUT2D eigenvalue weighted by Crippen LogP contribution is -2.40. The third-order valence-corrected chi connectivity index (χ3v) is 4.67. The fourth-order valence-electron chi connectivity index (χ4n) is 3.15. The molecule has 1 saturated heterocycles. The molecule has 7 heteroatoms. The van der Waals surface area contributed by atoms with E-state index in [0.29, 0.717) is 24.4 Å². The fraction of sp³-hybridized carbons (Fsp3) is 0.389. The van der Waals surface area contributed by atoms with Crippen molar-refractivity contribution in [3.63, 3.8) is 0 Å². The van der Waals surface area contributed by atoms with Crippen LogP contribution in [0.2, 0.25) is 0 Å². The van der Waals surface area contributed by atoms with E-state index in [9.17, 15) is 14.7 Å². The first-order valence-electron chi connectivity index (χ1n) is 8.09. The number of aliphatic carboxylic acids is 1. The second-order valence-corrected chi connectivity index (χ2v) is 6.53. The zero-order chi connectivity index (χ0) is 18.0. The SMILES string of the molecule is COCC1(C(=O)O)CCN(C(=O)c2cc(-c3ccc(C)cc3)n[nH]2)C1. The molecule has 2 heterocycles. The minimum Gasteiger partial charge on any atom is -0.481 e. The first-order chi connectivity index (χ1) is 11.9. The highest BCUT2D eigenvalue weighted by atomic mass is 16.5. The number of aromatic nitrogens is 2. The van der Waals surface area contributed by atoms with Gasteiger partial charge in [0, 0.05) is 25.8 Å². The summed E-state index contributed by atoms with van der Waals surface area (Å²) >= 11 is 0. The highest BCUT2D eigenvalue weighted by molar-refractivity contribution is 5.94. The molecule has 1 aliphatic rings. The van der Waals surface area contributed by atoms with Crippen molar-refractivity contribution in [2.75, 3.05) is 26.8 Å². The Kier molecular flexibility index (Phi) is 4.59. The molecule has 0 spiro atoms. The number of carbonyl (C=O) groups excluding carboxylic acids is 1. The van der Waals surface area contributed by atoms with Crippen molar-refractivity contribution < 1.29 is 19.4 Å². The van der Waals surface area contributed by atoms with Crippen LogP contribution in [0.15, 0.2) is 30.3 Å². The van der Waals surface area contributed by atoms with Crippen LogP contribution in [0.25, 0.3) is 11.3 Å². The number of benzene rings is 1. The molecule has 1 aromatic carbocycles. The number of aromatic amines is 1. The Morgan fingerprint density at radius 1 is 1.36 bits per heavy atom. The molecule has 3 rings (SSSR count). The predicted molar refractivity (Wildman–Crippen MR) is 91.2 cm³/mol. The quantitative estimate of drug-likeness (QED) is 0.865. The summed E-state index contributed by atoms with van der Waals surface area (Å²) in [6.45, 7) is 2.61. The number of carbonyl (C=O) groups is 2. The molecule has 1 unspecified atom stereocenters. The van der Waals surface area contributed by atoms with E-state index in [2.05, 4.69) is 10.2 Å². The van der Waals surface area contributed by atoms with Gasteiger partial charge in [0.15, 0.2) is 0 Å². The average Bonchev–Trinajstić information content (AvgIpc) is 3.23. The van der Waals surface area contributed by atoms with Gasteiger partial charge < -0.3 is 14.7 Å². The number of hydrogen-bond donors (Lipinski definition) is 2. The molecule has 25 heavy (non-hydrogen) atoms. The highest BCUT2D eigenvalue weighted by Crippen LogP contribution is 2.32. The second kappa shape index (κ2) is 6.68. The average molecular weight is 343 g/mol. The van der Waals surface area contributed by atoms with E-state index >= 15 is 0 Å². The number of rotatable bonds is 5. The number of H-pyrrole nitrogens is 1. The van der Waals surface area contributed by atoms with E-state index < -0.39 is 11.4 Å². The van der Waals surface area contributed by atoms with Gasteiger partial charge in [-0.1, -0.05) is 29.8 Å². The summed E-state index contributed by atoms with van der Waals surface area (Å²) in [4.78, 5) is 25.8. The van der Waals surface area contributed by atoms with Crippen LogP contribution in [-0.2, 0) is 9.53 Å².